The van der Waals surface area contributed by atoms with Crippen LogP contribution in [0.15, 0.2) is 35.2 Å². The third-order valence-electron chi connectivity index (χ3n) is 3.33. The number of hydrogen-bond acceptors (Lipinski definition) is 4. The molecule has 0 aliphatic carbocycles. The first-order valence-corrected chi connectivity index (χ1v) is 7.87. The fourth-order valence-corrected chi connectivity index (χ4v) is 3.61. The molecule has 0 aromatic heterocycles. The van der Waals surface area contributed by atoms with Gasteiger partial charge in [-0.25, -0.2) is 8.42 Å². The van der Waals surface area contributed by atoms with E-state index in [1.54, 1.807) is 31.2 Å². The van der Waals surface area contributed by atoms with Crippen molar-refractivity contribution < 1.29 is 8.42 Å². The Morgan fingerprint density at radius 2 is 1.83 bits per heavy atom. The average Bonchev–Trinajstić information content (AvgIpc) is 2.41. The van der Waals surface area contributed by atoms with Crippen LogP contribution in [-0.4, -0.2) is 51.3 Å². The molecule has 1 heterocycles. The van der Waals surface area contributed by atoms with E-state index in [9.17, 15) is 8.42 Å². The highest BCUT2D eigenvalue weighted by molar-refractivity contribution is 7.92. The third-order valence-corrected chi connectivity index (χ3v) is 5.46. The van der Waals surface area contributed by atoms with Crippen LogP contribution in [0.1, 0.15) is 6.92 Å². The number of nitrogens with one attached hydrogen (secondary N) is 1. The standard InChI is InChI=1S/C13H20N2O2S/c1-12(11-15-9-7-14-8-10-15)18(16,17)13-5-3-2-4-6-13/h2-6,12,14H,7-11H2,1H3. The van der Waals surface area contributed by atoms with Gasteiger partial charge in [0.25, 0.3) is 0 Å². The molecule has 0 saturated carbocycles. The zero-order valence-electron chi connectivity index (χ0n) is 10.7. The predicted molar refractivity (Wildman–Crippen MR) is 72.4 cm³/mol. The van der Waals surface area contributed by atoms with Crippen LogP contribution in [0.25, 0.3) is 0 Å². The Labute approximate surface area is 109 Å². The van der Waals surface area contributed by atoms with Gasteiger partial charge in [0.05, 0.1) is 10.1 Å². The van der Waals surface area contributed by atoms with Crippen LogP contribution in [-0.2, 0) is 9.84 Å². The van der Waals surface area contributed by atoms with Gasteiger partial charge < -0.3 is 5.32 Å². The van der Waals surface area contributed by atoms with E-state index in [0.717, 1.165) is 26.2 Å². The first kappa shape index (κ1) is 13.5. The number of rotatable bonds is 4. The van der Waals surface area contributed by atoms with Crippen molar-refractivity contribution in [2.75, 3.05) is 32.7 Å². The van der Waals surface area contributed by atoms with Gasteiger partial charge in [-0.1, -0.05) is 18.2 Å². The summed E-state index contributed by atoms with van der Waals surface area (Å²) in [5, 5.41) is 2.90. The Balaban J connectivity index is 2.05. The Kier molecular flexibility index (Phi) is 4.37. The molecular weight excluding hydrogens is 248 g/mol. The lowest BCUT2D eigenvalue weighted by Crippen LogP contribution is -2.47. The number of sulfone groups is 1. The number of benzene rings is 1. The summed E-state index contributed by atoms with van der Waals surface area (Å²) in [6.07, 6.45) is 0. The molecule has 0 bridgehead atoms. The van der Waals surface area contributed by atoms with Gasteiger partial charge >= 0.3 is 0 Å². The molecule has 100 valence electrons. The van der Waals surface area contributed by atoms with E-state index in [2.05, 4.69) is 10.2 Å². The minimum absolute atomic E-state index is 0.363. The molecule has 0 spiro atoms. The summed E-state index contributed by atoms with van der Waals surface area (Å²) in [4.78, 5) is 2.63. The van der Waals surface area contributed by atoms with Gasteiger partial charge in [-0.2, -0.15) is 0 Å². The van der Waals surface area contributed by atoms with Crippen LogP contribution in [0.4, 0.5) is 0 Å². The topological polar surface area (TPSA) is 49.4 Å². The zero-order valence-corrected chi connectivity index (χ0v) is 11.5. The van der Waals surface area contributed by atoms with E-state index in [1.807, 2.05) is 6.07 Å². The second-order valence-electron chi connectivity index (χ2n) is 4.72. The smallest absolute Gasteiger partial charge is 0.182 e. The summed E-state index contributed by atoms with van der Waals surface area (Å²) in [6, 6.07) is 8.71. The van der Waals surface area contributed by atoms with E-state index >= 15 is 0 Å². The molecule has 1 aliphatic rings. The zero-order chi connectivity index (χ0) is 13.0. The molecule has 4 nitrogen and oxygen atoms in total. The van der Waals surface area contributed by atoms with E-state index in [-0.39, 0.29) is 5.25 Å². The van der Waals surface area contributed by atoms with Gasteiger partial charge in [0.1, 0.15) is 0 Å². The average molecular weight is 268 g/mol. The number of nitrogens with zero attached hydrogens (tertiary/aromatic N) is 1. The molecule has 1 unspecified atom stereocenters. The van der Waals surface area contributed by atoms with Crippen molar-refractivity contribution in [2.45, 2.75) is 17.1 Å². The minimum atomic E-state index is -3.20. The van der Waals surface area contributed by atoms with Crippen molar-refractivity contribution in [3.8, 4) is 0 Å². The first-order chi connectivity index (χ1) is 8.60. The Bertz CT molecular complexity index is 467. The van der Waals surface area contributed by atoms with Crippen LogP contribution >= 0.6 is 0 Å². The highest BCUT2D eigenvalue weighted by Gasteiger charge is 2.25. The lowest BCUT2D eigenvalue weighted by Gasteiger charge is -2.29. The van der Waals surface area contributed by atoms with Gasteiger partial charge in [0, 0.05) is 32.7 Å². The van der Waals surface area contributed by atoms with E-state index in [1.165, 1.54) is 0 Å². The van der Waals surface area contributed by atoms with Gasteiger partial charge in [0.15, 0.2) is 9.84 Å². The normalized spacial score (nSPS) is 19.6. The third kappa shape index (κ3) is 3.10. The summed E-state index contributed by atoms with van der Waals surface area (Å²) in [6.45, 7) is 6.14. The van der Waals surface area contributed by atoms with Gasteiger partial charge in [0.2, 0.25) is 0 Å². The summed E-state index contributed by atoms with van der Waals surface area (Å²) >= 11 is 0. The molecule has 1 aliphatic heterocycles. The van der Waals surface area contributed by atoms with Crippen molar-refractivity contribution in [1.29, 1.82) is 0 Å². The number of piperazine rings is 1. The van der Waals surface area contributed by atoms with Crippen molar-refractivity contribution >= 4 is 9.84 Å². The first-order valence-electron chi connectivity index (χ1n) is 6.33. The minimum Gasteiger partial charge on any atom is -0.314 e. The summed E-state index contributed by atoms with van der Waals surface area (Å²) < 4.78 is 24.7. The van der Waals surface area contributed by atoms with Crippen LogP contribution in [0.3, 0.4) is 0 Å². The molecule has 1 aromatic rings. The second kappa shape index (κ2) is 5.82. The van der Waals surface area contributed by atoms with E-state index < -0.39 is 9.84 Å². The molecule has 2 rings (SSSR count). The van der Waals surface area contributed by atoms with Crippen molar-refractivity contribution in [1.82, 2.24) is 10.2 Å². The molecule has 0 radical (unpaired) electrons. The largest absolute Gasteiger partial charge is 0.314 e. The quantitative estimate of drug-likeness (QED) is 0.875. The molecule has 1 atom stereocenters. The number of hydrogen-bond donors (Lipinski definition) is 1. The lowest BCUT2D eigenvalue weighted by atomic mass is 10.3. The molecule has 5 heteroatoms. The summed E-state index contributed by atoms with van der Waals surface area (Å²) in [5.41, 5.74) is 0. The van der Waals surface area contributed by atoms with Crippen molar-refractivity contribution in [3.05, 3.63) is 30.3 Å². The van der Waals surface area contributed by atoms with Crippen LogP contribution in [0.2, 0.25) is 0 Å². The maximum Gasteiger partial charge on any atom is 0.182 e. The molecule has 18 heavy (non-hydrogen) atoms. The fourth-order valence-electron chi connectivity index (χ4n) is 2.20. The van der Waals surface area contributed by atoms with Gasteiger partial charge in [-0.3, -0.25) is 4.90 Å². The second-order valence-corrected chi connectivity index (χ2v) is 7.09. The van der Waals surface area contributed by atoms with Gasteiger partial charge in [-0.15, -0.1) is 0 Å². The van der Waals surface area contributed by atoms with Crippen molar-refractivity contribution in [3.63, 3.8) is 0 Å². The SMILES string of the molecule is CC(CN1CCNCC1)S(=O)(=O)c1ccccc1. The molecule has 0 amide bonds. The summed E-state index contributed by atoms with van der Waals surface area (Å²) in [5.74, 6) is 0. The highest BCUT2D eigenvalue weighted by Crippen LogP contribution is 2.16. The molecular formula is C13H20N2O2S. The Hall–Kier alpha value is -0.910. The summed E-state index contributed by atoms with van der Waals surface area (Å²) in [7, 11) is -3.20. The maximum atomic E-state index is 12.4. The monoisotopic (exact) mass is 268 g/mol. The predicted octanol–water partition coefficient (Wildman–Crippen LogP) is 0.754. The van der Waals surface area contributed by atoms with E-state index in [4.69, 9.17) is 0 Å². The Morgan fingerprint density at radius 3 is 2.44 bits per heavy atom. The highest BCUT2D eigenvalue weighted by atomic mass is 32.2. The molecule has 1 fully saturated rings. The van der Waals surface area contributed by atoms with Crippen LogP contribution in [0, 0.1) is 0 Å². The molecule has 1 N–H and O–H groups in total. The maximum absolute atomic E-state index is 12.4. The lowest BCUT2D eigenvalue weighted by molar-refractivity contribution is 0.242. The molecule has 1 saturated heterocycles. The van der Waals surface area contributed by atoms with E-state index in [0.29, 0.717) is 11.4 Å². The van der Waals surface area contributed by atoms with Crippen LogP contribution in [0.5, 0.6) is 0 Å². The molecule has 1 aromatic carbocycles. The Morgan fingerprint density at radius 1 is 1.22 bits per heavy atom. The fraction of sp³-hybridized carbons (Fsp3) is 0.538. The van der Waals surface area contributed by atoms with Gasteiger partial charge in [-0.05, 0) is 19.1 Å². The van der Waals surface area contributed by atoms with Crippen LogP contribution < -0.4 is 5.32 Å². The van der Waals surface area contributed by atoms with Crippen molar-refractivity contribution in [2.24, 2.45) is 0 Å².